The van der Waals surface area contributed by atoms with Gasteiger partial charge in [0.25, 0.3) is 0 Å². The summed E-state index contributed by atoms with van der Waals surface area (Å²) in [5.41, 5.74) is 3.83. The van der Waals surface area contributed by atoms with Gasteiger partial charge in [0, 0.05) is 38.4 Å². The van der Waals surface area contributed by atoms with Crippen LogP contribution in [0.15, 0.2) is 18.2 Å². The summed E-state index contributed by atoms with van der Waals surface area (Å²) in [6.45, 7) is 12.1. The Morgan fingerprint density at radius 2 is 1.80 bits per heavy atom. The van der Waals surface area contributed by atoms with Crippen molar-refractivity contribution in [1.29, 1.82) is 0 Å². The maximum absolute atomic E-state index is 12.3. The molecule has 1 aliphatic heterocycles. The molecule has 0 spiro atoms. The van der Waals surface area contributed by atoms with Gasteiger partial charge in [-0.3, -0.25) is 9.59 Å². The van der Waals surface area contributed by atoms with E-state index in [0.29, 0.717) is 25.6 Å². The summed E-state index contributed by atoms with van der Waals surface area (Å²) in [7, 11) is 0. The minimum Gasteiger partial charge on any atom is -0.368 e. The van der Waals surface area contributed by atoms with Crippen molar-refractivity contribution in [2.75, 3.05) is 37.6 Å². The summed E-state index contributed by atoms with van der Waals surface area (Å²) in [4.78, 5) is 28.3. The van der Waals surface area contributed by atoms with Gasteiger partial charge in [0.15, 0.2) is 0 Å². The van der Waals surface area contributed by atoms with Gasteiger partial charge in [0.2, 0.25) is 11.8 Å². The smallest absolute Gasteiger partial charge is 0.232 e. The Morgan fingerprint density at radius 3 is 2.44 bits per heavy atom. The molecule has 1 saturated heterocycles. The maximum Gasteiger partial charge on any atom is 0.232 e. The van der Waals surface area contributed by atoms with Crippen molar-refractivity contribution in [2.45, 2.75) is 40.5 Å². The first-order valence-corrected chi connectivity index (χ1v) is 9.24. The van der Waals surface area contributed by atoms with E-state index in [9.17, 15) is 9.59 Å². The van der Waals surface area contributed by atoms with Crippen LogP contribution >= 0.6 is 0 Å². The molecule has 1 heterocycles. The summed E-state index contributed by atoms with van der Waals surface area (Å²) >= 11 is 0. The lowest BCUT2D eigenvalue weighted by Crippen LogP contribution is -2.49. The maximum atomic E-state index is 12.3. The van der Waals surface area contributed by atoms with Gasteiger partial charge >= 0.3 is 0 Å². The Morgan fingerprint density at radius 1 is 1.12 bits per heavy atom. The van der Waals surface area contributed by atoms with Crippen LogP contribution in [0.2, 0.25) is 0 Å². The second-order valence-corrected chi connectivity index (χ2v) is 7.30. The van der Waals surface area contributed by atoms with Gasteiger partial charge in [-0.15, -0.1) is 0 Å². The highest BCUT2D eigenvalue weighted by molar-refractivity contribution is 5.97. The number of carbonyl (C=O) groups excluding carboxylic acids is 2. The lowest BCUT2D eigenvalue weighted by atomic mass is 10.1. The van der Waals surface area contributed by atoms with E-state index in [-0.39, 0.29) is 18.2 Å². The van der Waals surface area contributed by atoms with Gasteiger partial charge in [-0.05, 0) is 43.4 Å². The summed E-state index contributed by atoms with van der Waals surface area (Å²) in [5, 5.41) is 2.84. The Labute approximate surface area is 151 Å². The number of rotatable bonds is 6. The predicted octanol–water partition coefficient (Wildman–Crippen LogP) is 2.50. The Balaban J connectivity index is 1.80. The standard InChI is InChI=1S/C20H31N3O2/c1-15(2)8-9-21-19(24)14-20(25)23-12-10-22(11-13-23)18-7-5-6-16(3)17(18)4/h5-7,15H,8-14H2,1-4H3,(H,21,24). The van der Waals surface area contributed by atoms with Crippen molar-refractivity contribution in [3.8, 4) is 0 Å². The lowest BCUT2D eigenvalue weighted by Gasteiger charge is -2.37. The number of piperazine rings is 1. The fourth-order valence-corrected chi connectivity index (χ4v) is 3.09. The molecule has 25 heavy (non-hydrogen) atoms. The average molecular weight is 345 g/mol. The van der Waals surface area contributed by atoms with Crippen molar-refractivity contribution < 1.29 is 9.59 Å². The fraction of sp³-hybridized carbons (Fsp3) is 0.600. The van der Waals surface area contributed by atoms with E-state index in [2.05, 4.69) is 56.1 Å². The first-order chi connectivity index (χ1) is 11.9. The van der Waals surface area contributed by atoms with Crippen LogP contribution in [-0.2, 0) is 9.59 Å². The van der Waals surface area contributed by atoms with E-state index in [1.807, 2.05) is 4.90 Å². The van der Waals surface area contributed by atoms with Gasteiger partial charge in [-0.25, -0.2) is 0 Å². The Bertz CT molecular complexity index is 605. The number of amides is 2. The van der Waals surface area contributed by atoms with Crippen molar-refractivity contribution in [2.24, 2.45) is 5.92 Å². The number of aryl methyl sites for hydroxylation is 1. The first-order valence-electron chi connectivity index (χ1n) is 9.24. The number of benzene rings is 1. The molecule has 138 valence electrons. The van der Waals surface area contributed by atoms with Crippen molar-refractivity contribution in [3.05, 3.63) is 29.3 Å². The third-order valence-corrected chi connectivity index (χ3v) is 4.90. The zero-order valence-corrected chi connectivity index (χ0v) is 16.0. The Kier molecular flexibility index (Phi) is 6.85. The van der Waals surface area contributed by atoms with Gasteiger partial charge in [-0.2, -0.15) is 0 Å². The molecule has 5 nitrogen and oxygen atoms in total. The molecule has 0 aromatic heterocycles. The number of hydrogen-bond acceptors (Lipinski definition) is 3. The van der Waals surface area contributed by atoms with Crippen molar-refractivity contribution in [3.63, 3.8) is 0 Å². The van der Waals surface area contributed by atoms with Crippen LogP contribution < -0.4 is 10.2 Å². The Hall–Kier alpha value is -2.04. The summed E-state index contributed by atoms with van der Waals surface area (Å²) < 4.78 is 0. The molecule has 0 unspecified atom stereocenters. The molecule has 0 bridgehead atoms. The molecule has 1 aromatic carbocycles. The SMILES string of the molecule is Cc1cccc(N2CCN(C(=O)CC(=O)NCCC(C)C)CC2)c1C. The average Bonchev–Trinajstić information content (AvgIpc) is 2.57. The number of anilines is 1. The molecule has 0 saturated carbocycles. The monoisotopic (exact) mass is 345 g/mol. The van der Waals surface area contributed by atoms with Crippen LogP contribution in [0.5, 0.6) is 0 Å². The number of nitrogens with one attached hydrogen (secondary N) is 1. The van der Waals surface area contributed by atoms with Gasteiger partial charge in [0.05, 0.1) is 0 Å². The van der Waals surface area contributed by atoms with E-state index < -0.39 is 0 Å². The third kappa shape index (κ3) is 5.48. The normalized spacial score (nSPS) is 14.8. The minimum atomic E-state index is -0.164. The van der Waals surface area contributed by atoms with Crippen molar-refractivity contribution >= 4 is 17.5 Å². The van der Waals surface area contributed by atoms with Crippen LogP contribution in [0.4, 0.5) is 5.69 Å². The van der Waals surface area contributed by atoms with Crippen LogP contribution in [0.25, 0.3) is 0 Å². The molecule has 5 heteroatoms. The molecular weight excluding hydrogens is 314 g/mol. The molecule has 0 radical (unpaired) electrons. The highest BCUT2D eigenvalue weighted by atomic mass is 16.2. The van der Waals surface area contributed by atoms with Gasteiger partial charge in [0.1, 0.15) is 6.42 Å². The molecule has 1 aromatic rings. The molecule has 1 N–H and O–H groups in total. The van der Waals surface area contributed by atoms with Gasteiger partial charge < -0.3 is 15.1 Å². The molecule has 1 aliphatic rings. The highest BCUT2D eigenvalue weighted by Gasteiger charge is 2.23. The fourth-order valence-electron chi connectivity index (χ4n) is 3.09. The lowest BCUT2D eigenvalue weighted by molar-refractivity contribution is -0.136. The van der Waals surface area contributed by atoms with Crippen LogP contribution in [0, 0.1) is 19.8 Å². The van der Waals surface area contributed by atoms with Gasteiger partial charge in [-0.1, -0.05) is 26.0 Å². The van der Waals surface area contributed by atoms with E-state index >= 15 is 0 Å². The summed E-state index contributed by atoms with van der Waals surface area (Å²) in [5.74, 6) is 0.319. The van der Waals surface area contributed by atoms with Crippen molar-refractivity contribution in [1.82, 2.24) is 10.2 Å². The van der Waals surface area contributed by atoms with Crippen LogP contribution in [0.3, 0.4) is 0 Å². The van der Waals surface area contributed by atoms with Crippen LogP contribution in [-0.4, -0.2) is 49.4 Å². The second kappa shape index (κ2) is 8.88. The topological polar surface area (TPSA) is 52.7 Å². The van der Waals surface area contributed by atoms with Crippen LogP contribution in [0.1, 0.15) is 37.8 Å². The highest BCUT2D eigenvalue weighted by Crippen LogP contribution is 2.23. The molecular formula is C20H31N3O2. The quantitative estimate of drug-likeness (QED) is 0.806. The summed E-state index contributed by atoms with van der Waals surface area (Å²) in [6, 6.07) is 6.34. The van der Waals surface area contributed by atoms with E-state index in [1.165, 1.54) is 16.8 Å². The first kappa shape index (κ1) is 19.3. The second-order valence-electron chi connectivity index (χ2n) is 7.30. The molecule has 0 aliphatic carbocycles. The van der Waals surface area contributed by atoms with E-state index in [1.54, 1.807) is 0 Å². The predicted molar refractivity (Wildman–Crippen MR) is 102 cm³/mol. The zero-order valence-electron chi connectivity index (χ0n) is 16.0. The largest absolute Gasteiger partial charge is 0.368 e. The molecule has 2 amide bonds. The number of hydrogen-bond donors (Lipinski definition) is 1. The minimum absolute atomic E-state index is 0.0401. The third-order valence-electron chi connectivity index (χ3n) is 4.90. The molecule has 1 fully saturated rings. The molecule has 0 atom stereocenters. The molecule has 2 rings (SSSR count). The number of carbonyl (C=O) groups is 2. The zero-order chi connectivity index (χ0) is 18.4. The van der Waals surface area contributed by atoms with E-state index in [4.69, 9.17) is 0 Å². The number of nitrogens with zero attached hydrogens (tertiary/aromatic N) is 2. The van der Waals surface area contributed by atoms with E-state index in [0.717, 1.165) is 19.5 Å². The summed E-state index contributed by atoms with van der Waals surface area (Å²) in [6.07, 6.45) is 0.899.